The number of hydrogen-bond donors (Lipinski definition) is 1. The molecule has 1 heterocycles. The van der Waals surface area contributed by atoms with Gasteiger partial charge in [0.05, 0.1) is 0 Å². The van der Waals surface area contributed by atoms with Gasteiger partial charge in [-0.1, -0.05) is 20.8 Å². The lowest BCUT2D eigenvalue weighted by atomic mass is 9.86. The number of nitrogens with one attached hydrogen (secondary N) is 1. The van der Waals surface area contributed by atoms with Gasteiger partial charge in [0.2, 0.25) is 0 Å². The van der Waals surface area contributed by atoms with Gasteiger partial charge >= 0.3 is 0 Å². The lowest BCUT2D eigenvalue weighted by Gasteiger charge is -2.42. The molecule has 2 unspecified atom stereocenters. The fourth-order valence-electron chi connectivity index (χ4n) is 4.26. The standard InChI is InChI=1S/C16H31N3/c1-4-17-15-14(7-8-16(15,2)3)19-11-9-18(10-12-19)13-5-6-13/h13-15,17H,4-12H2,1-3H3. The Balaban J connectivity index is 1.59. The molecule has 0 spiro atoms. The van der Waals surface area contributed by atoms with E-state index in [0.29, 0.717) is 11.5 Å². The van der Waals surface area contributed by atoms with Crippen molar-refractivity contribution in [3.05, 3.63) is 0 Å². The minimum absolute atomic E-state index is 0.467. The van der Waals surface area contributed by atoms with E-state index < -0.39 is 0 Å². The van der Waals surface area contributed by atoms with Crippen LogP contribution in [0, 0.1) is 5.41 Å². The predicted molar refractivity (Wildman–Crippen MR) is 80.4 cm³/mol. The minimum Gasteiger partial charge on any atom is -0.312 e. The summed E-state index contributed by atoms with van der Waals surface area (Å²) < 4.78 is 0. The summed E-state index contributed by atoms with van der Waals surface area (Å²) in [6.07, 6.45) is 5.67. The van der Waals surface area contributed by atoms with Gasteiger partial charge < -0.3 is 5.32 Å². The molecular weight excluding hydrogens is 234 g/mol. The normalized spacial score (nSPS) is 36.8. The smallest absolute Gasteiger partial charge is 0.0274 e. The second-order valence-electron chi connectivity index (χ2n) is 7.43. The van der Waals surface area contributed by atoms with E-state index in [0.717, 1.165) is 18.6 Å². The van der Waals surface area contributed by atoms with Gasteiger partial charge in [-0.15, -0.1) is 0 Å². The number of piperazine rings is 1. The van der Waals surface area contributed by atoms with E-state index in [4.69, 9.17) is 0 Å². The van der Waals surface area contributed by atoms with Crippen LogP contribution in [-0.2, 0) is 0 Å². The fraction of sp³-hybridized carbons (Fsp3) is 1.00. The zero-order valence-electron chi connectivity index (χ0n) is 13.0. The predicted octanol–water partition coefficient (Wildman–Crippen LogP) is 1.93. The summed E-state index contributed by atoms with van der Waals surface area (Å²) in [6, 6.07) is 2.41. The second kappa shape index (κ2) is 5.34. The molecule has 2 saturated carbocycles. The summed E-state index contributed by atoms with van der Waals surface area (Å²) in [5.41, 5.74) is 0.467. The second-order valence-corrected chi connectivity index (χ2v) is 7.43. The first-order valence-electron chi connectivity index (χ1n) is 8.33. The fourth-order valence-corrected chi connectivity index (χ4v) is 4.26. The van der Waals surface area contributed by atoms with Crippen LogP contribution in [0.2, 0.25) is 0 Å². The Hall–Kier alpha value is -0.120. The van der Waals surface area contributed by atoms with Crippen LogP contribution in [0.4, 0.5) is 0 Å². The van der Waals surface area contributed by atoms with Gasteiger partial charge in [0, 0.05) is 44.3 Å². The zero-order valence-corrected chi connectivity index (χ0v) is 13.0. The summed E-state index contributed by atoms with van der Waals surface area (Å²) in [5, 5.41) is 3.77. The van der Waals surface area contributed by atoms with Crippen molar-refractivity contribution >= 4 is 0 Å². The third kappa shape index (κ3) is 2.84. The lowest BCUT2D eigenvalue weighted by molar-refractivity contribution is 0.0731. The molecule has 3 heteroatoms. The molecule has 3 rings (SSSR count). The Bertz CT molecular complexity index is 303. The largest absolute Gasteiger partial charge is 0.312 e. The highest BCUT2D eigenvalue weighted by Gasteiger charge is 2.44. The van der Waals surface area contributed by atoms with Crippen LogP contribution in [-0.4, -0.2) is 60.6 Å². The summed E-state index contributed by atoms with van der Waals surface area (Å²) in [6.45, 7) is 13.4. The van der Waals surface area contributed by atoms with Crippen LogP contribution in [0.15, 0.2) is 0 Å². The van der Waals surface area contributed by atoms with Crippen molar-refractivity contribution in [3.8, 4) is 0 Å². The van der Waals surface area contributed by atoms with Gasteiger partial charge in [-0.05, 0) is 37.6 Å². The van der Waals surface area contributed by atoms with Crippen molar-refractivity contribution in [2.24, 2.45) is 5.41 Å². The highest BCUT2D eigenvalue weighted by molar-refractivity contribution is 5.02. The number of nitrogens with zero attached hydrogens (tertiary/aromatic N) is 2. The van der Waals surface area contributed by atoms with Crippen molar-refractivity contribution < 1.29 is 0 Å². The molecule has 1 saturated heterocycles. The van der Waals surface area contributed by atoms with Gasteiger partial charge in [0.15, 0.2) is 0 Å². The molecule has 1 N–H and O–H groups in total. The van der Waals surface area contributed by atoms with Crippen LogP contribution in [0.3, 0.4) is 0 Å². The summed E-state index contributed by atoms with van der Waals surface area (Å²) in [5.74, 6) is 0. The van der Waals surface area contributed by atoms with Crippen molar-refractivity contribution in [1.82, 2.24) is 15.1 Å². The van der Waals surface area contributed by atoms with Crippen molar-refractivity contribution in [3.63, 3.8) is 0 Å². The molecule has 110 valence electrons. The van der Waals surface area contributed by atoms with Crippen molar-refractivity contribution in [2.75, 3.05) is 32.7 Å². The van der Waals surface area contributed by atoms with Gasteiger partial charge in [-0.25, -0.2) is 0 Å². The SMILES string of the molecule is CCNC1C(N2CCN(C3CC3)CC2)CCC1(C)C. The molecule has 3 nitrogen and oxygen atoms in total. The zero-order chi connectivity index (χ0) is 13.5. The molecule has 0 bridgehead atoms. The maximum atomic E-state index is 3.77. The van der Waals surface area contributed by atoms with E-state index in [1.165, 1.54) is 51.9 Å². The molecule has 0 aromatic rings. The first-order chi connectivity index (χ1) is 9.12. The van der Waals surface area contributed by atoms with Gasteiger partial charge in [-0.2, -0.15) is 0 Å². The molecule has 0 aromatic carbocycles. The summed E-state index contributed by atoms with van der Waals surface area (Å²) in [4.78, 5) is 5.50. The third-order valence-corrected chi connectivity index (χ3v) is 5.62. The van der Waals surface area contributed by atoms with E-state index in [9.17, 15) is 0 Å². The van der Waals surface area contributed by atoms with Crippen molar-refractivity contribution in [2.45, 2.75) is 64.6 Å². The van der Waals surface area contributed by atoms with Crippen LogP contribution < -0.4 is 5.32 Å². The van der Waals surface area contributed by atoms with Gasteiger partial charge in [-0.3, -0.25) is 9.80 Å². The first kappa shape index (κ1) is 13.8. The maximum Gasteiger partial charge on any atom is 0.0274 e. The molecule has 3 aliphatic rings. The molecule has 2 aliphatic carbocycles. The van der Waals surface area contributed by atoms with Crippen molar-refractivity contribution in [1.29, 1.82) is 0 Å². The average molecular weight is 265 g/mol. The quantitative estimate of drug-likeness (QED) is 0.838. The topological polar surface area (TPSA) is 18.5 Å². The Labute approximate surface area is 118 Å². The van der Waals surface area contributed by atoms with E-state index in [-0.39, 0.29) is 0 Å². The highest BCUT2D eigenvalue weighted by atomic mass is 15.3. The summed E-state index contributed by atoms with van der Waals surface area (Å²) in [7, 11) is 0. The van der Waals surface area contributed by atoms with Gasteiger partial charge in [0.25, 0.3) is 0 Å². The molecule has 0 aromatic heterocycles. The van der Waals surface area contributed by atoms with Crippen LogP contribution in [0.1, 0.15) is 46.5 Å². The van der Waals surface area contributed by atoms with Crippen LogP contribution in [0.5, 0.6) is 0 Å². The lowest BCUT2D eigenvalue weighted by Crippen LogP contribution is -2.57. The Morgan fingerprint density at radius 3 is 2.21 bits per heavy atom. The molecular formula is C16H31N3. The molecule has 2 atom stereocenters. The number of rotatable bonds is 4. The van der Waals surface area contributed by atoms with Crippen LogP contribution in [0.25, 0.3) is 0 Å². The highest BCUT2D eigenvalue weighted by Crippen LogP contribution is 2.40. The Kier molecular flexibility index (Phi) is 3.89. The minimum atomic E-state index is 0.467. The molecule has 3 fully saturated rings. The third-order valence-electron chi connectivity index (χ3n) is 5.62. The monoisotopic (exact) mass is 265 g/mol. The van der Waals surface area contributed by atoms with E-state index in [1.54, 1.807) is 0 Å². The molecule has 0 amide bonds. The van der Waals surface area contributed by atoms with E-state index in [2.05, 4.69) is 35.9 Å². The van der Waals surface area contributed by atoms with E-state index >= 15 is 0 Å². The molecule has 19 heavy (non-hydrogen) atoms. The number of likely N-dealkylation sites (N-methyl/N-ethyl adjacent to an activating group) is 1. The molecule has 0 radical (unpaired) electrons. The Morgan fingerprint density at radius 2 is 1.63 bits per heavy atom. The first-order valence-corrected chi connectivity index (χ1v) is 8.33. The number of hydrogen-bond acceptors (Lipinski definition) is 3. The molecule has 1 aliphatic heterocycles. The Morgan fingerprint density at radius 1 is 1.00 bits per heavy atom. The average Bonchev–Trinajstić information content (AvgIpc) is 3.19. The maximum absolute atomic E-state index is 3.77. The van der Waals surface area contributed by atoms with Gasteiger partial charge in [0.1, 0.15) is 0 Å². The van der Waals surface area contributed by atoms with E-state index in [1.807, 2.05) is 0 Å². The summed E-state index contributed by atoms with van der Waals surface area (Å²) >= 11 is 0. The van der Waals surface area contributed by atoms with Crippen LogP contribution >= 0.6 is 0 Å².